The number of rotatable bonds is 1. The maximum absolute atomic E-state index is 4.11. The number of nitrogens with one attached hydrogen (secondary N) is 1. The van der Waals surface area contributed by atoms with Gasteiger partial charge in [0, 0.05) is 6.20 Å². The van der Waals surface area contributed by atoms with Crippen molar-refractivity contribution in [2.75, 3.05) is 4.72 Å². The lowest BCUT2D eigenvalue weighted by Crippen LogP contribution is -1.90. The first-order valence-electron chi connectivity index (χ1n) is 3.07. The van der Waals surface area contributed by atoms with Crippen molar-refractivity contribution in [3.63, 3.8) is 0 Å². The molecule has 1 rings (SSSR count). The molecule has 0 radical (unpaired) electrons. The van der Waals surface area contributed by atoms with Gasteiger partial charge in [0.15, 0.2) is 0 Å². The van der Waals surface area contributed by atoms with Gasteiger partial charge in [-0.2, -0.15) is 0 Å². The molecule has 0 amide bonds. The van der Waals surface area contributed by atoms with Crippen molar-refractivity contribution in [2.45, 2.75) is 13.8 Å². The van der Waals surface area contributed by atoms with Crippen LogP contribution in [0.5, 0.6) is 0 Å². The van der Waals surface area contributed by atoms with E-state index in [4.69, 9.17) is 0 Å². The van der Waals surface area contributed by atoms with Crippen molar-refractivity contribution in [1.82, 2.24) is 4.98 Å². The fourth-order valence-electron chi connectivity index (χ4n) is 0.832. The van der Waals surface area contributed by atoms with E-state index in [9.17, 15) is 0 Å². The van der Waals surface area contributed by atoms with Gasteiger partial charge in [-0.05, 0) is 25.0 Å². The minimum absolute atomic E-state index is 0.828. The Bertz CT molecular complexity index is 235. The van der Waals surface area contributed by atoms with Crippen LogP contribution in [0.3, 0.4) is 0 Å². The molecule has 0 bridgehead atoms. The Morgan fingerprint density at radius 2 is 2.20 bits per heavy atom. The fraction of sp³-hybridized carbons (Fsp3) is 0.286. The van der Waals surface area contributed by atoms with Crippen LogP contribution in [0.25, 0.3) is 0 Å². The Balaban J connectivity index is 3.07. The average molecular weight is 154 g/mol. The highest BCUT2D eigenvalue weighted by Gasteiger charge is 1.95. The summed E-state index contributed by atoms with van der Waals surface area (Å²) in [5.41, 5.74) is 2.29. The van der Waals surface area contributed by atoms with E-state index in [-0.39, 0.29) is 0 Å². The smallest absolute Gasteiger partial charge is 0.138 e. The number of hydrogen-bond acceptors (Lipinski definition) is 3. The third kappa shape index (κ3) is 1.42. The van der Waals surface area contributed by atoms with E-state index in [0.717, 1.165) is 11.4 Å². The first kappa shape index (κ1) is 7.41. The van der Waals surface area contributed by atoms with Gasteiger partial charge in [-0.25, -0.2) is 4.98 Å². The number of aryl methyl sites for hydroxylation is 2. The largest absolute Gasteiger partial charge is 0.317 e. The molecule has 1 N–H and O–H groups in total. The molecule has 0 aliphatic rings. The normalized spacial score (nSPS) is 9.50. The topological polar surface area (TPSA) is 24.9 Å². The van der Waals surface area contributed by atoms with E-state index in [1.807, 2.05) is 20.0 Å². The van der Waals surface area contributed by atoms with Gasteiger partial charge in [0.25, 0.3) is 0 Å². The highest BCUT2D eigenvalue weighted by molar-refractivity contribution is 7.81. The molecule has 0 spiro atoms. The molecule has 1 aromatic heterocycles. The van der Waals surface area contributed by atoms with Crippen LogP contribution in [0.2, 0.25) is 0 Å². The monoisotopic (exact) mass is 154 g/mol. The Labute approximate surface area is 66.2 Å². The summed E-state index contributed by atoms with van der Waals surface area (Å²) in [6.07, 6.45) is 1.81. The Kier molecular flexibility index (Phi) is 2.17. The molecule has 1 heterocycles. The van der Waals surface area contributed by atoms with Gasteiger partial charge in [-0.3, -0.25) is 0 Å². The quantitative estimate of drug-likeness (QED) is 0.604. The van der Waals surface area contributed by atoms with Crippen molar-refractivity contribution >= 4 is 18.6 Å². The Morgan fingerprint density at radius 3 is 2.70 bits per heavy atom. The lowest BCUT2D eigenvalue weighted by atomic mass is 10.2. The average Bonchev–Trinajstić information content (AvgIpc) is 1.88. The molecule has 2 nitrogen and oxygen atoms in total. The van der Waals surface area contributed by atoms with Gasteiger partial charge in [-0.1, -0.05) is 18.9 Å². The number of nitrogens with zero attached hydrogens (tertiary/aromatic N) is 1. The summed E-state index contributed by atoms with van der Waals surface area (Å²) in [6, 6.07) is 2.06. The van der Waals surface area contributed by atoms with E-state index in [1.54, 1.807) is 0 Å². The molecular formula is C7H10N2S. The molecule has 0 aliphatic carbocycles. The van der Waals surface area contributed by atoms with Crippen molar-refractivity contribution in [1.29, 1.82) is 0 Å². The summed E-state index contributed by atoms with van der Waals surface area (Å²) in [7, 11) is 0. The third-order valence-corrected chi connectivity index (χ3v) is 1.53. The van der Waals surface area contributed by atoms with Gasteiger partial charge in [0.2, 0.25) is 0 Å². The molecule has 0 atom stereocenters. The summed E-state index contributed by atoms with van der Waals surface area (Å²) in [4.78, 5) is 4.11. The Hall–Kier alpha value is -0.700. The van der Waals surface area contributed by atoms with Gasteiger partial charge < -0.3 is 4.72 Å². The summed E-state index contributed by atoms with van der Waals surface area (Å²) < 4.78 is 2.71. The second kappa shape index (κ2) is 2.92. The number of pyridine rings is 1. The molecule has 0 fully saturated rings. The van der Waals surface area contributed by atoms with E-state index in [0.29, 0.717) is 0 Å². The van der Waals surface area contributed by atoms with Crippen LogP contribution in [0, 0.1) is 13.8 Å². The highest BCUT2D eigenvalue weighted by Crippen LogP contribution is 2.11. The second-order valence-electron chi connectivity index (χ2n) is 2.29. The van der Waals surface area contributed by atoms with E-state index >= 15 is 0 Å². The minimum Gasteiger partial charge on any atom is -0.317 e. The summed E-state index contributed by atoms with van der Waals surface area (Å²) in [5.74, 6) is 0.828. The lowest BCUT2D eigenvalue weighted by molar-refractivity contribution is 1.23. The lowest BCUT2D eigenvalue weighted by Gasteiger charge is -2.01. The zero-order chi connectivity index (χ0) is 7.56. The van der Waals surface area contributed by atoms with Gasteiger partial charge in [0.1, 0.15) is 5.82 Å². The molecule has 0 saturated carbocycles. The second-order valence-corrected chi connectivity index (χ2v) is 2.51. The van der Waals surface area contributed by atoms with Crippen molar-refractivity contribution in [2.24, 2.45) is 0 Å². The molecular weight excluding hydrogens is 144 g/mol. The van der Waals surface area contributed by atoms with Gasteiger partial charge in [0.05, 0.1) is 0 Å². The SMILES string of the molecule is Cc1cnc(NS)c(C)c1. The molecule has 0 saturated heterocycles. The maximum atomic E-state index is 4.11. The van der Waals surface area contributed by atoms with E-state index < -0.39 is 0 Å². The molecule has 0 unspecified atom stereocenters. The number of aromatic nitrogens is 1. The van der Waals surface area contributed by atoms with E-state index in [1.165, 1.54) is 5.56 Å². The summed E-state index contributed by atoms with van der Waals surface area (Å²) >= 11 is 3.90. The van der Waals surface area contributed by atoms with Crippen LogP contribution in [-0.2, 0) is 0 Å². The standard InChI is InChI=1S/C7H10N2S/c1-5-3-6(2)7(9-10)8-4-5/h3-4,10H,1-2H3,(H,8,9). The fourth-order valence-corrected chi connectivity index (χ4v) is 1.07. The summed E-state index contributed by atoms with van der Waals surface area (Å²) in [5, 5.41) is 0. The molecule has 0 aliphatic heterocycles. The van der Waals surface area contributed by atoms with Crippen LogP contribution >= 0.6 is 12.8 Å². The van der Waals surface area contributed by atoms with Crippen LogP contribution in [-0.4, -0.2) is 4.98 Å². The molecule has 10 heavy (non-hydrogen) atoms. The Morgan fingerprint density at radius 1 is 1.50 bits per heavy atom. The first-order valence-corrected chi connectivity index (χ1v) is 3.52. The van der Waals surface area contributed by atoms with Gasteiger partial charge in [-0.15, -0.1) is 0 Å². The zero-order valence-electron chi connectivity index (χ0n) is 6.05. The van der Waals surface area contributed by atoms with Crippen molar-refractivity contribution in [3.05, 3.63) is 23.4 Å². The van der Waals surface area contributed by atoms with Crippen molar-refractivity contribution in [3.8, 4) is 0 Å². The molecule has 1 aromatic rings. The first-order chi connectivity index (χ1) is 4.74. The van der Waals surface area contributed by atoms with E-state index in [2.05, 4.69) is 28.6 Å². The number of anilines is 1. The number of thiol groups is 1. The van der Waals surface area contributed by atoms with Gasteiger partial charge >= 0.3 is 0 Å². The minimum atomic E-state index is 0.828. The molecule has 54 valence electrons. The summed E-state index contributed by atoms with van der Waals surface area (Å²) in [6.45, 7) is 4.01. The highest BCUT2D eigenvalue weighted by atomic mass is 32.1. The number of hydrogen-bond donors (Lipinski definition) is 2. The molecule has 3 heteroatoms. The van der Waals surface area contributed by atoms with Crippen LogP contribution in [0.15, 0.2) is 12.3 Å². The molecule has 0 aromatic carbocycles. The van der Waals surface area contributed by atoms with Crippen LogP contribution in [0.4, 0.5) is 5.82 Å². The van der Waals surface area contributed by atoms with Crippen LogP contribution < -0.4 is 4.72 Å². The van der Waals surface area contributed by atoms with Crippen LogP contribution in [0.1, 0.15) is 11.1 Å². The maximum Gasteiger partial charge on any atom is 0.138 e. The zero-order valence-corrected chi connectivity index (χ0v) is 6.94. The predicted octanol–water partition coefficient (Wildman–Crippen LogP) is 1.96. The predicted molar refractivity (Wildman–Crippen MR) is 46.3 cm³/mol. The van der Waals surface area contributed by atoms with Crippen molar-refractivity contribution < 1.29 is 0 Å². The third-order valence-electron chi connectivity index (χ3n) is 1.32.